The van der Waals surface area contributed by atoms with Gasteiger partial charge in [0.15, 0.2) is 0 Å². The van der Waals surface area contributed by atoms with Gasteiger partial charge in [0, 0.05) is 25.1 Å². The monoisotopic (exact) mass is 493 g/mol. The zero-order valence-electron chi connectivity index (χ0n) is 19.4. The standard InChI is InChI=1S/C23H32N4O4S2/c1-4-7-13-27(6-3)33(30,31)17-10-8-16(9-11-17)22(29)25-23-20(21(24)28)18-12-14-26(5-2)15-19(18)32-23/h8-11H,4-7,12-15H2,1-3H3,(H2,24,28)(H,25,29)/p+1. The molecule has 1 atom stereocenters. The fourth-order valence-corrected chi connectivity index (χ4v) is 6.88. The van der Waals surface area contributed by atoms with Crippen LogP contribution in [0.2, 0.25) is 0 Å². The molecular weight excluding hydrogens is 460 g/mol. The van der Waals surface area contributed by atoms with Gasteiger partial charge in [-0.05, 0) is 43.2 Å². The molecule has 33 heavy (non-hydrogen) atoms. The van der Waals surface area contributed by atoms with Crippen LogP contribution in [0.25, 0.3) is 0 Å². The molecule has 10 heteroatoms. The topological polar surface area (TPSA) is 114 Å². The van der Waals surface area contributed by atoms with E-state index in [4.69, 9.17) is 5.73 Å². The molecule has 0 spiro atoms. The van der Waals surface area contributed by atoms with Gasteiger partial charge in [0.05, 0.1) is 28.4 Å². The summed E-state index contributed by atoms with van der Waals surface area (Å²) in [7, 11) is -3.61. The molecule has 8 nitrogen and oxygen atoms in total. The number of anilines is 1. The first-order valence-corrected chi connectivity index (χ1v) is 13.7. The summed E-state index contributed by atoms with van der Waals surface area (Å²) in [5.41, 5.74) is 7.29. The van der Waals surface area contributed by atoms with Crippen LogP contribution in [-0.4, -0.2) is 50.7 Å². The molecule has 0 radical (unpaired) electrons. The van der Waals surface area contributed by atoms with Gasteiger partial charge in [-0.25, -0.2) is 8.42 Å². The van der Waals surface area contributed by atoms with Gasteiger partial charge >= 0.3 is 0 Å². The third kappa shape index (κ3) is 5.46. The van der Waals surface area contributed by atoms with E-state index < -0.39 is 21.8 Å². The molecule has 1 aliphatic rings. The predicted octanol–water partition coefficient (Wildman–Crippen LogP) is 1.87. The Morgan fingerprint density at radius 3 is 2.45 bits per heavy atom. The van der Waals surface area contributed by atoms with Crippen LogP contribution in [0.1, 0.15) is 64.8 Å². The van der Waals surface area contributed by atoms with Crippen molar-refractivity contribution < 1.29 is 22.9 Å². The van der Waals surface area contributed by atoms with E-state index >= 15 is 0 Å². The van der Waals surface area contributed by atoms with Crippen LogP contribution in [0.5, 0.6) is 0 Å². The molecule has 0 fully saturated rings. The van der Waals surface area contributed by atoms with E-state index in [2.05, 4.69) is 12.2 Å². The van der Waals surface area contributed by atoms with E-state index in [1.807, 2.05) is 13.8 Å². The van der Waals surface area contributed by atoms with Crippen molar-refractivity contribution in [3.05, 3.63) is 45.8 Å². The van der Waals surface area contributed by atoms with E-state index in [0.29, 0.717) is 29.2 Å². The Kier molecular flexibility index (Phi) is 8.28. The molecule has 0 saturated carbocycles. The van der Waals surface area contributed by atoms with Crippen molar-refractivity contribution in [3.8, 4) is 0 Å². The van der Waals surface area contributed by atoms with Crippen LogP contribution in [0.3, 0.4) is 0 Å². The highest BCUT2D eigenvalue weighted by Gasteiger charge is 2.29. The first-order chi connectivity index (χ1) is 15.7. The van der Waals surface area contributed by atoms with E-state index in [1.54, 1.807) is 0 Å². The van der Waals surface area contributed by atoms with Crippen molar-refractivity contribution in [1.29, 1.82) is 0 Å². The number of carbonyl (C=O) groups excluding carboxylic acids is 2. The zero-order valence-corrected chi connectivity index (χ0v) is 21.1. The molecule has 1 aromatic heterocycles. The van der Waals surface area contributed by atoms with Gasteiger partial charge in [-0.3, -0.25) is 9.59 Å². The van der Waals surface area contributed by atoms with Gasteiger partial charge in [0.2, 0.25) is 10.0 Å². The third-order valence-electron chi connectivity index (χ3n) is 6.07. The van der Waals surface area contributed by atoms with E-state index in [9.17, 15) is 18.0 Å². The summed E-state index contributed by atoms with van der Waals surface area (Å²) in [5.74, 6) is -0.950. The molecule has 0 aliphatic carbocycles. The quantitative estimate of drug-likeness (QED) is 0.469. The predicted molar refractivity (Wildman–Crippen MR) is 130 cm³/mol. The van der Waals surface area contributed by atoms with Gasteiger partial charge < -0.3 is 16.0 Å². The minimum atomic E-state index is -3.61. The van der Waals surface area contributed by atoms with Crippen molar-refractivity contribution in [2.45, 2.75) is 51.5 Å². The van der Waals surface area contributed by atoms with Crippen LogP contribution in [-0.2, 0) is 23.0 Å². The van der Waals surface area contributed by atoms with Crippen LogP contribution in [0.4, 0.5) is 5.00 Å². The van der Waals surface area contributed by atoms with Gasteiger partial charge in [-0.15, -0.1) is 11.3 Å². The second-order valence-corrected chi connectivity index (χ2v) is 11.2. The highest BCUT2D eigenvalue weighted by atomic mass is 32.2. The van der Waals surface area contributed by atoms with E-state index in [1.165, 1.54) is 44.8 Å². The number of quaternary nitrogens is 1. The molecule has 1 unspecified atom stereocenters. The maximum atomic E-state index is 12.9. The summed E-state index contributed by atoms with van der Waals surface area (Å²) in [5, 5.41) is 3.29. The number of amides is 2. The van der Waals surface area contributed by atoms with Crippen molar-refractivity contribution in [2.75, 3.05) is 31.5 Å². The second kappa shape index (κ2) is 10.8. The number of thiophene rings is 1. The minimum Gasteiger partial charge on any atom is -0.365 e. The number of nitrogens with zero attached hydrogens (tertiary/aromatic N) is 1. The highest BCUT2D eigenvalue weighted by molar-refractivity contribution is 7.89. The first-order valence-electron chi connectivity index (χ1n) is 11.4. The lowest BCUT2D eigenvalue weighted by Crippen LogP contribution is -3.11. The number of hydrogen-bond acceptors (Lipinski definition) is 5. The number of likely N-dealkylation sites (N-methyl/N-ethyl adjacent to an activating group) is 1. The summed E-state index contributed by atoms with van der Waals surface area (Å²) < 4.78 is 27.2. The first kappa shape index (κ1) is 25.4. The number of unbranched alkanes of at least 4 members (excludes halogenated alkanes) is 1. The SMILES string of the molecule is CCCCN(CC)S(=O)(=O)c1ccc(C(=O)Nc2sc3c(c2C(N)=O)CC[NH+](CC)C3)cc1. The maximum Gasteiger partial charge on any atom is 0.256 e. The molecule has 0 saturated heterocycles. The van der Waals surface area contributed by atoms with Crippen molar-refractivity contribution in [3.63, 3.8) is 0 Å². The lowest BCUT2D eigenvalue weighted by atomic mass is 10.0. The fraction of sp³-hybridized carbons (Fsp3) is 0.478. The number of carbonyl (C=O) groups is 2. The lowest BCUT2D eigenvalue weighted by molar-refractivity contribution is -0.913. The number of nitrogens with two attached hydrogens (primary N) is 1. The van der Waals surface area contributed by atoms with Crippen LogP contribution >= 0.6 is 11.3 Å². The minimum absolute atomic E-state index is 0.157. The molecular formula is C23H33N4O4S2+. The second-order valence-electron chi connectivity index (χ2n) is 8.18. The normalized spacial score (nSPS) is 15.9. The van der Waals surface area contributed by atoms with Gasteiger partial charge in [0.25, 0.3) is 11.8 Å². The molecule has 1 aromatic carbocycles. The van der Waals surface area contributed by atoms with Crippen LogP contribution in [0.15, 0.2) is 29.2 Å². The molecule has 2 heterocycles. The summed E-state index contributed by atoms with van der Waals surface area (Å²) in [6.07, 6.45) is 2.45. The van der Waals surface area contributed by atoms with Crippen LogP contribution < -0.4 is 16.0 Å². The molecule has 2 aromatic rings. The number of sulfonamides is 1. The van der Waals surface area contributed by atoms with Gasteiger partial charge in [-0.2, -0.15) is 4.31 Å². The molecule has 1 aliphatic heterocycles. The van der Waals surface area contributed by atoms with Crippen molar-refractivity contribution in [1.82, 2.24) is 4.31 Å². The number of nitrogens with one attached hydrogen (secondary N) is 2. The number of rotatable bonds is 10. The Morgan fingerprint density at radius 2 is 1.88 bits per heavy atom. The average molecular weight is 494 g/mol. The Labute approximate surface area is 199 Å². The van der Waals surface area contributed by atoms with Crippen LogP contribution in [0, 0.1) is 0 Å². The maximum absolute atomic E-state index is 12.9. The van der Waals surface area contributed by atoms with Gasteiger partial charge in [-0.1, -0.05) is 20.3 Å². The smallest absolute Gasteiger partial charge is 0.256 e. The number of benzene rings is 1. The Bertz CT molecular complexity index is 1110. The number of primary amides is 1. The zero-order chi connectivity index (χ0) is 24.2. The van der Waals surface area contributed by atoms with E-state index in [0.717, 1.165) is 49.3 Å². The summed E-state index contributed by atoms with van der Waals surface area (Å²) in [6, 6.07) is 5.90. The number of fused-ring (bicyclic) bond motifs is 1. The van der Waals surface area contributed by atoms with Gasteiger partial charge in [0.1, 0.15) is 11.5 Å². The Morgan fingerprint density at radius 1 is 1.18 bits per heavy atom. The Balaban J connectivity index is 1.81. The van der Waals surface area contributed by atoms with E-state index in [-0.39, 0.29) is 4.90 Å². The largest absolute Gasteiger partial charge is 0.365 e. The lowest BCUT2D eigenvalue weighted by Gasteiger charge is -2.22. The fourth-order valence-electron chi connectivity index (χ4n) is 4.07. The summed E-state index contributed by atoms with van der Waals surface area (Å²) in [4.78, 5) is 27.7. The highest BCUT2D eigenvalue weighted by Crippen LogP contribution is 2.34. The molecule has 2 amide bonds. The van der Waals surface area contributed by atoms with Crippen molar-refractivity contribution >= 4 is 38.2 Å². The number of hydrogen-bond donors (Lipinski definition) is 3. The average Bonchev–Trinajstić information content (AvgIpc) is 3.16. The molecule has 0 bridgehead atoms. The third-order valence-corrected chi connectivity index (χ3v) is 9.21. The Hall–Kier alpha value is -2.27. The van der Waals surface area contributed by atoms with Crippen molar-refractivity contribution in [2.24, 2.45) is 5.73 Å². The molecule has 180 valence electrons. The molecule has 3 rings (SSSR count). The summed E-state index contributed by atoms with van der Waals surface area (Å²) >= 11 is 1.40. The summed E-state index contributed by atoms with van der Waals surface area (Å²) in [6.45, 7) is 9.54. The molecule has 4 N–H and O–H groups in total.